The van der Waals surface area contributed by atoms with Crippen LogP contribution >= 0.6 is 11.3 Å². The van der Waals surface area contributed by atoms with E-state index in [0.29, 0.717) is 10.2 Å². The predicted octanol–water partition coefficient (Wildman–Crippen LogP) is 4.63. The van der Waals surface area contributed by atoms with E-state index < -0.39 is 29.0 Å². The molecular weight excluding hydrogens is 351 g/mol. The van der Waals surface area contributed by atoms with Crippen molar-refractivity contribution in [1.82, 2.24) is 4.98 Å². The number of thiazole rings is 1. The van der Waals surface area contributed by atoms with Crippen molar-refractivity contribution in [1.29, 1.82) is 0 Å². The lowest BCUT2D eigenvalue weighted by Gasteiger charge is -2.27. The Kier molecular flexibility index (Phi) is 4.38. The number of aromatic nitrogens is 1. The maximum atomic E-state index is 13.6. The van der Waals surface area contributed by atoms with Crippen LogP contribution in [0.2, 0.25) is 0 Å². The summed E-state index contributed by atoms with van der Waals surface area (Å²) in [5.74, 6) is -0.793. The van der Waals surface area contributed by atoms with Crippen LogP contribution in [-0.2, 0) is 5.60 Å². The van der Waals surface area contributed by atoms with Crippen LogP contribution in [0.4, 0.5) is 13.2 Å². The minimum Gasteiger partial charge on any atom is -0.374 e. The number of benzene rings is 2. The molecule has 7 heteroatoms. The Bertz CT molecular complexity index is 885. The van der Waals surface area contributed by atoms with E-state index in [0.717, 1.165) is 16.9 Å². The number of nitrogens with zero attached hydrogens (tertiary/aromatic N) is 1. The topological polar surface area (TPSA) is 50.2 Å². The molecule has 0 saturated heterocycles. The molecule has 1 N–H and O–H groups in total. The number of aryl methyl sites for hydroxylation is 1. The van der Waals surface area contributed by atoms with Gasteiger partial charge in [0.15, 0.2) is 5.78 Å². The van der Waals surface area contributed by atoms with Gasteiger partial charge in [-0.05, 0) is 19.1 Å². The molecule has 0 amide bonds. The van der Waals surface area contributed by atoms with Crippen LogP contribution in [0.1, 0.15) is 27.3 Å². The fraction of sp³-hybridized carbons (Fsp3) is 0.222. The molecule has 1 atom stereocenters. The molecular formula is C18H14F3NO2S. The van der Waals surface area contributed by atoms with Crippen LogP contribution in [0.3, 0.4) is 0 Å². The highest BCUT2D eigenvalue weighted by atomic mass is 32.1. The molecule has 0 saturated carbocycles. The Morgan fingerprint density at radius 3 is 2.36 bits per heavy atom. The number of aliphatic hydroxyl groups is 1. The van der Waals surface area contributed by atoms with E-state index in [1.807, 2.05) is 0 Å². The van der Waals surface area contributed by atoms with Crippen molar-refractivity contribution in [3.8, 4) is 0 Å². The Morgan fingerprint density at radius 1 is 1.12 bits per heavy atom. The molecule has 2 aromatic carbocycles. The van der Waals surface area contributed by atoms with E-state index in [1.165, 1.54) is 12.1 Å². The zero-order valence-corrected chi connectivity index (χ0v) is 14.0. The lowest BCUT2D eigenvalue weighted by atomic mass is 9.93. The summed E-state index contributed by atoms with van der Waals surface area (Å²) < 4.78 is 41.4. The molecule has 0 radical (unpaired) electrons. The van der Waals surface area contributed by atoms with Gasteiger partial charge in [0.25, 0.3) is 0 Å². The highest BCUT2D eigenvalue weighted by Gasteiger charge is 2.58. The van der Waals surface area contributed by atoms with Gasteiger partial charge in [-0.1, -0.05) is 42.0 Å². The Balaban J connectivity index is 2.01. The molecule has 1 aromatic heterocycles. The van der Waals surface area contributed by atoms with E-state index in [1.54, 1.807) is 43.3 Å². The van der Waals surface area contributed by atoms with Crippen molar-refractivity contribution in [3.05, 3.63) is 64.7 Å². The molecule has 1 unspecified atom stereocenters. The zero-order valence-electron chi connectivity index (χ0n) is 13.2. The SMILES string of the molecule is Cc1ccc(C(=O)CC(O)(c2nc3ccccc3s2)C(F)(F)F)cc1. The van der Waals surface area contributed by atoms with Crippen molar-refractivity contribution < 1.29 is 23.1 Å². The fourth-order valence-electron chi connectivity index (χ4n) is 2.42. The number of ketones is 1. The maximum absolute atomic E-state index is 13.6. The molecule has 0 aliphatic heterocycles. The third-order valence-corrected chi connectivity index (χ3v) is 5.09. The molecule has 0 aliphatic carbocycles. The van der Waals surface area contributed by atoms with E-state index in [9.17, 15) is 23.1 Å². The molecule has 0 spiro atoms. The third-order valence-electron chi connectivity index (χ3n) is 3.91. The molecule has 0 fully saturated rings. The Morgan fingerprint density at radius 2 is 1.76 bits per heavy atom. The second-order valence-electron chi connectivity index (χ2n) is 5.81. The van der Waals surface area contributed by atoms with Gasteiger partial charge < -0.3 is 5.11 Å². The zero-order chi connectivity index (χ0) is 18.2. The molecule has 25 heavy (non-hydrogen) atoms. The smallest absolute Gasteiger partial charge is 0.374 e. The van der Waals surface area contributed by atoms with Crippen LogP contribution < -0.4 is 0 Å². The highest BCUT2D eigenvalue weighted by Crippen LogP contribution is 2.44. The maximum Gasteiger partial charge on any atom is 0.424 e. The first kappa shape index (κ1) is 17.6. The van der Waals surface area contributed by atoms with Crippen molar-refractivity contribution in [3.63, 3.8) is 0 Å². The van der Waals surface area contributed by atoms with Crippen LogP contribution in [0.25, 0.3) is 10.2 Å². The fourth-order valence-corrected chi connectivity index (χ4v) is 3.49. The van der Waals surface area contributed by atoms with Crippen molar-refractivity contribution in [2.24, 2.45) is 0 Å². The van der Waals surface area contributed by atoms with Gasteiger partial charge in [-0.3, -0.25) is 4.79 Å². The molecule has 3 nitrogen and oxygen atoms in total. The summed E-state index contributed by atoms with van der Waals surface area (Å²) in [6.45, 7) is 1.81. The predicted molar refractivity (Wildman–Crippen MR) is 89.7 cm³/mol. The van der Waals surface area contributed by atoms with E-state index in [2.05, 4.69) is 4.98 Å². The number of halogens is 3. The first-order valence-corrected chi connectivity index (χ1v) is 8.27. The summed E-state index contributed by atoms with van der Waals surface area (Å²) in [6.07, 6.45) is -6.14. The molecule has 3 rings (SSSR count). The first-order chi connectivity index (χ1) is 11.7. The second-order valence-corrected chi connectivity index (χ2v) is 6.84. The lowest BCUT2D eigenvalue weighted by Crippen LogP contribution is -2.44. The number of para-hydroxylation sites is 1. The summed E-state index contributed by atoms with van der Waals surface area (Å²) in [5.41, 5.74) is -1.96. The summed E-state index contributed by atoms with van der Waals surface area (Å²) in [7, 11) is 0. The first-order valence-electron chi connectivity index (χ1n) is 7.46. The number of carbonyl (C=O) groups excluding carboxylic acids is 1. The number of hydrogen-bond donors (Lipinski definition) is 1. The van der Waals surface area contributed by atoms with E-state index >= 15 is 0 Å². The van der Waals surface area contributed by atoms with Gasteiger partial charge in [-0.2, -0.15) is 13.2 Å². The number of carbonyl (C=O) groups is 1. The second kappa shape index (κ2) is 6.24. The van der Waals surface area contributed by atoms with Crippen molar-refractivity contribution in [2.75, 3.05) is 0 Å². The molecule has 1 heterocycles. The van der Waals surface area contributed by atoms with Gasteiger partial charge in [0.1, 0.15) is 5.01 Å². The van der Waals surface area contributed by atoms with Gasteiger partial charge in [-0.25, -0.2) is 4.98 Å². The molecule has 3 aromatic rings. The Hall–Kier alpha value is -2.25. The average Bonchev–Trinajstić information content (AvgIpc) is 2.98. The van der Waals surface area contributed by atoms with Crippen LogP contribution in [0.5, 0.6) is 0 Å². The van der Waals surface area contributed by atoms with Gasteiger partial charge in [0, 0.05) is 5.56 Å². The summed E-state index contributed by atoms with van der Waals surface area (Å²) >= 11 is 0.737. The number of rotatable bonds is 4. The monoisotopic (exact) mass is 365 g/mol. The number of fused-ring (bicyclic) bond motifs is 1. The molecule has 0 aliphatic rings. The molecule has 0 bridgehead atoms. The number of hydrogen-bond acceptors (Lipinski definition) is 4. The quantitative estimate of drug-likeness (QED) is 0.686. The number of Topliss-reactive ketones (excluding diaryl/α,β-unsaturated/α-hetero) is 1. The summed E-state index contributed by atoms with van der Waals surface area (Å²) in [6, 6.07) is 12.7. The minimum absolute atomic E-state index is 0.120. The van der Waals surface area contributed by atoms with Gasteiger partial charge >= 0.3 is 6.18 Å². The van der Waals surface area contributed by atoms with Crippen molar-refractivity contribution >= 4 is 27.3 Å². The van der Waals surface area contributed by atoms with Gasteiger partial charge in [0.2, 0.25) is 5.60 Å². The van der Waals surface area contributed by atoms with Gasteiger partial charge in [-0.15, -0.1) is 11.3 Å². The Labute approximate surface area is 145 Å². The normalized spacial score (nSPS) is 14.4. The average molecular weight is 365 g/mol. The summed E-state index contributed by atoms with van der Waals surface area (Å²) in [4.78, 5) is 16.2. The van der Waals surface area contributed by atoms with E-state index in [-0.39, 0.29) is 5.56 Å². The van der Waals surface area contributed by atoms with Gasteiger partial charge in [0.05, 0.1) is 16.6 Å². The minimum atomic E-state index is -5.03. The number of alkyl halides is 3. The van der Waals surface area contributed by atoms with Crippen molar-refractivity contribution in [2.45, 2.75) is 25.1 Å². The molecule has 130 valence electrons. The lowest BCUT2D eigenvalue weighted by molar-refractivity contribution is -0.264. The van der Waals surface area contributed by atoms with E-state index in [4.69, 9.17) is 0 Å². The third kappa shape index (κ3) is 3.29. The highest BCUT2D eigenvalue weighted by molar-refractivity contribution is 7.18. The largest absolute Gasteiger partial charge is 0.424 e. The standard InChI is InChI=1S/C18H14F3NO2S/c1-11-6-8-12(9-7-11)14(23)10-17(24,18(19,20)21)16-22-13-4-2-3-5-15(13)25-16/h2-9,24H,10H2,1H3. The summed E-state index contributed by atoms with van der Waals surface area (Å²) in [5, 5.41) is 9.88. The van der Waals surface area contributed by atoms with Crippen LogP contribution in [0.15, 0.2) is 48.5 Å². The van der Waals surface area contributed by atoms with Crippen LogP contribution in [-0.4, -0.2) is 22.1 Å². The van der Waals surface area contributed by atoms with Crippen LogP contribution in [0, 0.1) is 6.92 Å².